The first-order valence-corrected chi connectivity index (χ1v) is 12.2. The number of carbonyl (C=O) groups is 2. The van der Waals surface area contributed by atoms with Crippen LogP contribution >= 0.6 is 0 Å². The number of hydrogen-bond donors (Lipinski definition) is 2. The Kier molecular flexibility index (Phi) is 11.1. The largest absolute Gasteiger partial charge is 0.507 e. The van der Waals surface area contributed by atoms with E-state index in [1.807, 2.05) is 0 Å². The Bertz CT molecular complexity index is 796. The standard InChI is InChI=1S/C26H38O6/c1-3-5-7-9-11-13-15-31-21-17-19(27)24-23(25(21)29)20(28)18-22(26(24)30)32-16-14-12-10-8-6-4-2/h17-18,27,29H,3-16H2,1-2H3. The van der Waals surface area contributed by atoms with Gasteiger partial charge in [-0.25, -0.2) is 0 Å². The Morgan fingerprint density at radius 1 is 0.719 bits per heavy atom. The van der Waals surface area contributed by atoms with Crippen molar-refractivity contribution in [2.24, 2.45) is 0 Å². The average Bonchev–Trinajstić information content (AvgIpc) is 2.77. The summed E-state index contributed by atoms with van der Waals surface area (Å²) in [5.74, 6) is -2.04. The molecular formula is C26H38O6. The Morgan fingerprint density at radius 2 is 1.25 bits per heavy atom. The lowest BCUT2D eigenvalue weighted by atomic mass is 9.91. The number of unbranched alkanes of at least 4 members (excludes halogenated alkanes) is 10. The van der Waals surface area contributed by atoms with E-state index in [-0.39, 0.29) is 28.4 Å². The topological polar surface area (TPSA) is 93.1 Å². The third kappa shape index (κ3) is 7.28. The SMILES string of the molecule is CCCCCCCCOC1=CC(=O)c2c(O)c(OCCCCCCCC)cc(O)c2C1=O. The second-order valence-electron chi connectivity index (χ2n) is 8.43. The number of Topliss-reactive ketones (excluding diaryl/α,β-unsaturated/α-hetero) is 1. The van der Waals surface area contributed by atoms with E-state index in [2.05, 4.69) is 13.8 Å². The summed E-state index contributed by atoms with van der Waals surface area (Å²) in [6, 6.07) is 1.20. The van der Waals surface area contributed by atoms with E-state index in [0.29, 0.717) is 13.2 Å². The zero-order valence-electron chi connectivity index (χ0n) is 19.6. The first-order valence-electron chi connectivity index (χ1n) is 12.2. The van der Waals surface area contributed by atoms with Crippen LogP contribution < -0.4 is 4.74 Å². The molecule has 0 bridgehead atoms. The number of phenols is 2. The number of ketones is 2. The van der Waals surface area contributed by atoms with E-state index < -0.39 is 17.3 Å². The number of fused-ring (bicyclic) bond motifs is 1. The quantitative estimate of drug-likeness (QED) is 0.223. The van der Waals surface area contributed by atoms with Crippen molar-refractivity contribution in [3.8, 4) is 17.2 Å². The summed E-state index contributed by atoms with van der Waals surface area (Å²) in [4.78, 5) is 25.4. The molecule has 1 aromatic carbocycles. The molecule has 6 heteroatoms. The van der Waals surface area contributed by atoms with Gasteiger partial charge in [0.05, 0.1) is 24.3 Å². The summed E-state index contributed by atoms with van der Waals surface area (Å²) in [6.45, 7) is 5.03. The fourth-order valence-electron chi connectivity index (χ4n) is 3.83. The van der Waals surface area contributed by atoms with Gasteiger partial charge in [0.25, 0.3) is 0 Å². The van der Waals surface area contributed by atoms with Crippen LogP contribution in [0, 0.1) is 0 Å². The molecule has 1 aliphatic rings. The van der Waals surface area contributed by atoms with Gasteiger partial charge in [-0.2, -0.15) is 0 Å². The molecule has 0 saturated heterocycles. The molecular weight excluding hydrogens is 408 g/mol. The zero-order chi connectivity index (χ0) is 23.3. The summed E-state index contributed by atoms with van der Waals surface area (Å²) in [7, 11) is 0. The fraction of sp³-hybridized carbons (Fsp3) is 0.615. The molecule has 0 fully saturated rings. The molecule has 1 aliphatic carbocycles. The Hall–Kier alpha value is -2.50. The minimum Gasteiger partial charge on any atom is -0.507 e. The van der Waals surface area contributed by atoms with Crippen molar-refractivity contribution in [1.82, 2.24) is 0 Å². The number of aromatic hydroxyl groups is 2. The van der Waals surface area contributed by atoms with Gasteiger partial charge in [0.15, 0.2) is 23.0 Å². The maximum absolute atomic E-state index is 12.8. The predicted molar refractivity (Wildman–Crippen MR) is 125 cm³/mol. The van der Waals surface area contributed by atoms with E-state index >= 15 is 0 Å². The molecule has 2 rings (SSSR count). The van der Waals surface area contributed by atoms with Gasteiger partial charge >= 0.3 is 0 Å². The summed E-state index contributed by atoms with van der Waals surface area (Å²) in [6.07, 6.45) is 14.1. The second kappa shape index (κ2) is 13.8. The van der Waals surface area contributed by atoms with Crippen molar-refractivity contribution in [3.05, 3.63) is 29.0 Å². The third-order valence-electron chi connectivity index (χ3n) is 5.71. The lowest BCUT2D eigenvalue weighted by molar-refractivity contribution is 0.0874. The van der Waals surface area contributed by atoms with E-state index in [1.165, 1.54) is 44.6 Å². The highest BCUT2D eigenvalue weighted by atomic mass is 16.5. The van der Waals surface area contributed by atoms with Crippen LogP contribution in [0.5, 0.6) is 17.2 Å². The van der Waals surface area contributed by atoms with Crippen molar-refractivity contribution in [2.45, 2.75) is 90.9 Å². The number of carbonyl (C=O) groups excluding carboxylic acids is 2. The highest BCUT2D eigenvalue weighted by Crippen LogP contribution is 2.42. The highest BCUT2D eigenvalue weighted by molar-refractivity contribution is 6.26. The summed E-state index contributed by atoms with van der Waals surface area (Å²) in [5, 5.41) is 21.0. The molecule has 0 amide bonds. The number of hydrogen-bond acceptors (Lipinski definition) is 6. The van der Waals surface area contributed by atoms with Gasteiger partial charge in [0, 0.05) is 12.1 Å². The molecule has 2 N–H and O–H groups in total. The maximum Gasteiger partial charge on any atom is 0.232 e. The van der Waals surface area contributed by atoms with Crippen molar-refractivity contribution < 1.29 is 29.3 Å². The van der Waals surface area contributed by atoms with Gasteiger partial charge in [-0.15, -0.1) is 0 Å². The van der Waals surface area contributed by atoms with Crippen molar-refractivity contribution in [1.29, 1.82) is 0 Å². The smallest absolute Gasteiger partial charge is 0.232 e. The Labute approximate surface area is 191 Å². The molecule has 0 unspecified atom stereocenters. The molecule has 0 heterocycles. The first kappa shape index (κ1) is 25.8. The Morgan fingerprint density at radius 3 is 1.84 bits per heavy atom. The monoisotopic (exact) mass is 446 g/mol. The van der Waals surface area contributed by atoms with Crippen LogP contribution in [0.25, 0.3) is 0 Å². The molecule has 0 saturated carbocycles. The van der Waals surface area contributed by atoms with E-state index in [4.69, 9.17) is 9.47 Å². The van der Waals surface area contributed by atoms with Gasteiger partial charge in [0.2, 0.25) is 5.78 Å². The lowest BCUT2D eigenvalue weighted by Crippen LogP contribution is -2.20. The third-order valence-corrected chi connectivity index (χ3v) is 5.71. The second-order valence-corrected chi connectivity index (χ2v) is 8.43. The maximum atomic E-state index is 12.8. The van der Waals surface area contributed by atoms with E-state index in [1.54, 1.807) is 0 Å². The van der Waals surface area contributed by atoms with Gasteiger partial charge < -0.3 is 19.7 Å². The molecule has 1 aromatic rings. The number of phenolic OH excluding ortho intramolecular Hbond substituents is 2. The predicted octanol–water partition coefficient (Wildman–Crippen LogP) is 6.48. The normalized spacial score (nSPS) is 13.1. The van der Waals surface area contributed by atoms with Gasteiger partial charge in [-0.1, -0.05) is 78.1 Å². The number of ether oxygens (including phenoxy) is 2. The molecule has 0 atom stereocenters. The molecule has 0 aromatic heterocycles. The van der Waals surface area contributed by atoms with Crippen LogP contribution in [0.3, 0.4) is 0 Å². The summed E-state index contributed by atoms with van der Waals surface area (Å²) >= 11 is 0. The van der Waals surface area contributed by atoms with Crippen molar-refractivity contribution >= 4 is 11.6 Å². The van der Waals surface area contributed by atoms with Gasteiger partial charge in [-0.05, 0) is 12.8 Å². The zero-order valence-corrected chi connectivity index (χ0v) is 19.6. The van der Waals surface area contributed by atoms with E-state index in [0.717, 1.165) is 44.6 Å². The molecule has 178 valence electrons. The minimum atomic E-state index is -0.596. The molecule has 0 spiro atoms. The molecule has 6 nitrogen and oxygen atoms in total. The van der Waals surface area contributed by atoms with Crippen LogP contribution in [0.4, 0.5) is 0 Å². The average molecular weight is 447 g/mol. The van der Waals surface area contributed by atoms with Crippen LogP contribution in [0.1, 0.15) is 112 Å². The van der Waals surface area contributed by atoms with Crippen molar-refractivity contribution in [3.63, 3.8) is 0 Å². The van der Waals surface area contributed by atoms with Crippen LogP contribution in [-0.2, 0) is 4.74 Å². The van der Waals surface area contributed by atoms with E-state index in [9.17, 15) is 19.8 Å². The first-order chi connectivity index (χ1) is 15.5. The van der Waals surface area contributed by atoms with Crippen LogP contribution in [-0.4, -0.2) is 35.0 Å². The van der Waals surface area contributed by atoms with Crippen molar-refractivity contribution in [2.75, 3.05) is 13.2 Å². The fourth-order valence-corrected chi connectivity index (χ4v) is 3.83. The Balaban J connectivity index is 1.95. The van der Waals surface area contributed by atoms with Gasteiger partial charge in [0.1, 0.15) is 5.75 Å². The van der Waals surface area contributed by atoms with Crippen LogP contribution in [0.15, 0.2) is 17.9 Å². The number of rotatable bonds is 16. The number of benzene rings is 1. The summed E-state index contributed by atoms with van der Waals surface area (Å²) < 4.78 is 11.1. The van der Waals surface area contributed by atoms with Gasteiger partial charge in [-0.3, -0.25) is 9.59 Å². The minimum absolute atomic E-state index is 0.0146. The molecule has 0 radical (unpaired) electrons. The lowest BCUT2D eigenvalue weighted by Gasteiger charge is -2.19. The number of allylic oxidation sites excluding steroid dienone is 2. The summed E-state index contributed by atoms with van der Waals surface area (Å²) in [5.41, 5.74) is -0.445. The highest BCUT2D eigenvalue weighted by Gasteiger charge is 2.34. The van der Waals surface area contributed by atoms with Crippen LogP contribution in [0.2, 0.25) is 0 Å². The molecule has 0 aliphatic heterocycles. The molecule has 32 heavy (non-hydrogen) atoms.